The van der Waals surface area contributed by atoms with E-state index in [2.05, 4.69) is 20.8 Å². The van der Waals surface area contributed by atoms with Gasteiger partial charge in [-0.2, -0.15) is 5.10 Å². The van der Waals surface area contributed by atoms with Gasteiger partial charge in [-0.3, -0.25) is 14.6 Å². The molecule has 0 spiro atoms. The van der Waals surface area contributed by atoms with E-state index in [1.54, 1.807) is 36.5 Å². The molecule has 0 saturated heterocycles. The van der Waals surface area contributed by atoms with E-state index in [0.717, 1.165) is 0 Å². The molecule has 0 unspecified atom stereocenters. The van der Waals surface area contributed by atoms with Gasteiger partial charge in [0.1, 0.15) is 5.75 Å². The number of carbonyl (C=O) groups excluding carboxylic acids is 2. The molecule has 0 fully saturated rings. The summed E-state index contributed by atoms with van der Waals surface area (Å²) in [5.41, 5.74) is 3.54. The summed E-state index contributed by atoms with van der Waals surface area (Å²) < 4.78 is 5.44. The van der Waals surface area contributed by atoms with Crippen molar-refractivity contribution >= 4 is 18.0 Å². The number of nitrogens with zero attached hydrogens (tertiary/aromatic N) is 2. The highest BCUT2D eigenvalue weighted by Crippen LogP contribution is 2.15. The van der Waals surface area contributed by atoms with E-state index in [1.165, 1.54) is 6.21 Å². The van der Waals surface area contributed by atoms with Gasteiger partial charge in [0.05, 0.1) is 25.1 Å². The normalized spacial score (nSPS) is 10.4. The lowest BCUT2D eigenvalue weighted by Gasteiger charge is -2.06. The van der Waals surface area contributed by atoms with Gasteiger partial charge in [-0.1, -0.05) is 18.2 Å². The van der Waals surface area contributed by atoms with Crippen molar-refractivity contribution in [3.8, 4) is 5.75 Å². The van der Waals surface area contributed by atoms with Crippen LogP contribution in [0.5, 0.6) is 5.75 Å². The molecule has 0 atom stereocenters. The van der Waals surface area contributed by atoms with Gasteiger partial charge in [0.25, 0.3) is 0 Å². The third-order valence-corrected chi connectivity index (χ3v) is 2.95. The van der Waals surface area contributed by atoms with Crippen LogP contribution in [0.25, 0.3) is 0 Å². The second-order valence-corrected chi connectivity index (χ2v) is 4.67. The third-order valence-electron chi connectivity index (χ3n) is 2.95. The molecule has 1 aromatic heterocycles. The average molecular weight is 326 g/mol. The predicted molar refractivity (Wildman–Crippen MR) is 89.4 cm³/mol. The van der Waals surface area contributed by atoms with Crippen LogP contribution in [0.15, 0.2) is 53.8 Å². The Morgan fingerprint density at radius 2 is 1.96 bits per heavy atom. The van der Waals surface area contributed by atoms with Gasteiger partial charge in [-0.25, -0.2) is 5.43 Å². The number of rotatable bonds is 6. The molecule has 0 saturated carbocycles. The molecule has 2 aromatic rings. The molecular formula is C17H18N4O3. The van der Waals surface area contributed by atoms with Crippen molar-refractivity contribution in [2.24, 2.45) is 5.10 Å². The first-order valence-electron chi connectivity index (χ1n) is 7.43. The molecule has 1 heterocycles. The summed E-state index contributed by atoms with van der Waals surface area (Å²) >= 11 is 0. The van der Waals surface area contributed by atoms with Crippen LogP contribution < -0.4 is 15.5 Å². The van der Waals surface area contributed by atoms with E-state index in [0.29, 0.717) is 23.6 Å². The molecule has 24 heavy (non-hydrogen) atoms. The van der Waals surface area contributed by atoms with Gasteiger partial charge >= 0.3 is 11.8 Å². The number of pyridine rings is 1. The molecule has 124 valence electrons. The first-order chi connectivity index (χ1) is 11.7. The lowest BCUT2D eigenvalue weighted by Crippen LogP contribution is -2.37. The van der Waals surface area contributed by atoms with E-state index in [1.807, 2.05) is 19.1 Å². The van der Waals surface area contributed by atoms with Crippen molar-refractivity contribution in [2.75, 3.05) is 6.61 Å². The van der Waals surface area contributed by atoms with Crippen LogP contribution in [0.1, 0.15) is 18.2 Å². The monoisotopic (exact) mass is 326 g/mol. The molecule has 0 aliphatic rings. The van der Waals surface area contributed by atoms with Crippen LogP contribution in [-0.2, 0) is 16.1 Å². The molecule has 0 aliphatic carbocycles. The maximum Gasteiger partial charge on any atom is 0.329 e. The zero-order valence-corrected chi connectivity index (χ0v) is 13.2. The minimum Gasteiger partial charge on any atom is -0.493 e. The quantitative estimate of drug-likeness (QED) is 0.475. The average Bonchev–Trinajstić information content (AvgIpc) is 2.62. The van der Waals surface area contributed by atoms with Gasteiger partial charge in [0.2, 0.25) is 0 Å². The SMILES string of the molecule is CCOc1ccccc1/C=N\NC(=O)C(=O)NCc1ccccn1. The fourth-order valence-corrected chi connectivity index (χ4v) is 1.84. The summed E-state index contributed by atoms with van der Waals surface area (Å²) in [7, 11) is 0. The molecular weight excluding hydrogens is 308 g/mol. The van der Waals surface area contributed by atoms with Gasteiger partial charge in [-0.15, -0.1) is 0 Å². The Kier molecular flexibility index (Phi) is 6.46. The fourth-order valence-electron chi connectivity index (χ4n) is 1.84. The van der Waals surface area contributed by atoms with E-state index in [9.17, 15) is 9.59 Å². The summed E-state index contributed by atoms with van der Waals surface area (Å²) in [6.07, 6.45) is 3.04. The lowest BCUT2D eigenvalue weighted by molar-refractivity contribution is -0.139. The Morgan fingerprint density at radius 3 is 2.71 bits per heavy atom. The summed E-state index contributed by atoms with van der Waals surface area (Å²) in [4.78, 5) is 27.4. The second kappa shape index (κ2) is 9.04. The minimum atomic E-state index is -0.851. The molecule has 1 aromatic carbocycles. The first kappa shape index (κ1) is 17.1. The van der Waals surface area contributed by atoms with Crippen LogP contribution >= 0.6 is 0 Å². The Morgan fingerprint density at radius 1 is 1.17 bits per heavy atom. The minimum absolute atomic E-state index is 0.171. The van der Waals surface area contributed by atoms with Gasteiger partial charge < -0.3 is 10.1 Å². The molecule has 0 bridgehead atoms. The highest BCUT2D eigenvalue weighted by molar-refractivity contribution is 6.35. The van der Waals surface area contributed by atoms with Crippen molar-refractivity contribution in [3.63, 3.8) is 0 Å². The van der Waals surface area contributed by atoms with E-state index >= 15 is 0 Å². The Balaban J connectivity index is 1.85. The number of benzene rings is 1. The smallest absolute Gasteiger partial charge is 0.329 e. The zero-order valence-electron chi connectivity index (χ0n) is 13.2. The molecule has 0 aliphatic heterocycles. The summed E-state index contributed by atoms with van der Waals surface area (Å²) in [6.45, 7) is 2.57. The van der Waals surface area contributed by atoms with Gasteiger partial charge in [-0.05, 0) is 31.2 Å². The lowest BCUT2D eigenvalue weighted by atomic mass is 10.2. The highest BCUT2D eigenvalue weighted by Gasteiger charge is 2.12. The number of nitrogens with one attached hydrogen (secondary N) is 2. The number of aromatic nitrogens is 1. The van der Waals surface area contributed by atoms with Crippen LogP contribution in [0.3, 0.4) is 0 Å². The highest BCUT2D eigenvalue weighted by atomic mass is 16.5. The maximum atomic E-state index is 11.7. The van der Waals surface area contributed by atoms with Gasteiger partial charge in [0.15, 0.2) is 0 Å². The summed E-state index contributed by atoms with van der Waals surface area (Å²) in [5.74, 6) is -0.982. The number of ether oxygens (including phenoxy) is 1. The topological polar surface area (TPSA) is 92.7 Å². The third kappa shape index (κ3) is 5.20. The fraction of sp³-hybridized carbons (Fsp3) is 0.176. The molecule has 0 radical (unpaired) electrons. The van der Waals surface area contributed by atoms with Crippen LogP contribution in [-0.4, -0.2) is 29.6 Å². The maximum absolute atomic E-state index is 11.7. The molecule has 2 amide bonds. The van der Waals surface area contributed by atoms with Crippen LogP contribution in [0.4, 0.5) is 0 Å². The van der Waals surface area contributed by atoms with Crippen molar-refractivity contribution in [1.82, 2.24) is 15.7 Å². The Labute approximate surface area is 139 Å². The van der Waals surface area contributed by atoms with Gasteiger partial charge in [0, 0.05) is 11.8 Å². The van der Waals surface area contributed by atoms with Crippen molar-refractivity contribution < 1.29 is 14.3 Å². The van der Waals surface area contributed by atoms with Crippen molar-refractivity contribution in [1.29, 1.82) is 0 Å². The van der Waals surface area contributed by atoms with E-state index in [-0.39, 0.29) is 6.54 Å². The number of carbonyl (C=O) groups is 2. The van der Waals surface area contributed by atoms with Crippen LogP contribution in [0.2, 0.25) is 0 Å². The number of hydrazone groups is 1. The number of para-hydroxylation sites is 1. The molecule has 2 rings (SSSR count). The number of amides is 2. The Hall–Kier alpha value is -3.22. The van der Waals surface area contributed by atoms with Crippen molar-refractivity contribution in [2.45, 2.75) is 13.5 Å². The zero-order chi connectivity index (χ0) is 17.2. The van der Waals surface area contributed by atoms with E-state index < -0.39 is 11.8 Å². The molecule has 2 N–H and O–H groups in total. The number of hydrogen-bond donors (Lipinski definition) is 2. The van der Waals surface area contributed by atoms with Crippen LogP contribution in [0, 0.1) is 0 Å². The van der Waals surface area contributed by atoms with E-state index in [4.69, 9.17) is 4.74 Å². The Bertz CT molecular complexity index is 717. The second-order valence-electron chi connectivity index (χ2n) is 4.67. The largest absolute Gasteiger partial charge is 0.493 e. The summed E-state index contributed by atoms with van der Waals surface area (Å²) in [5, 5.41) is 6.25. The first-order valence-corrected chi connectivity index (χ1v) is 7.43. The summed E-state index contributed by atoms with van der Waals surface area (Å²) in [6, 6.07) is 12.6. The predicted octanol–water partition coefficient (Wildman–Crippen LogP) is 1.25. The number of hydrogen-bond acceptors (Lipinski definition) is 5. The van der Waals surface area contributed by atoms with Crippen molar-refractivity contribution in [3.05, 3.63) is 59.9 Å². The standard InChI is InChI=1S/C17H18N4O3/c1-2-24-15-9-4-3-7-13(15)11-20-21-17(23)16(22)19-12-14-8-5-6-10-18-14/h3-11H,2,12H2,1H3,(H,19,22)(H,21,23)/b20-11-. The molecule has 7 nitrogen and oxygen atoms in total. The molecule has 7 heteroatoms.